The number of aryl methyl sites for hydroxylation is 2. The average Bonchev–Trinajstić information content (AvgIpc) is 3.05. The zero-order valence-electron chi connectivity index (χ0n) is 14.5. The van der Waals surface area contributed by atoms with Crippen molar-refractivity contribution in [2.45, 2.75) is 26.8 Å². The van der Waals surface area contributed by atoms with E-state index in [1.807, 2.05) is 19.9 Å². The predicted octanol–water partition coefficient (Wildman–Crippen LogP) is 4.57. The van der Waals surface area contributed by atoms with Gasteiger partial charge in [0.05, 0.1) is 27.5 Å². The number of hydrogen-bond acceptors (Lipinski definition) is 3. The number of benzene rings is 1. The second-order valence-corrected chi connectivity index (χ2v) is 6.07. The lowest BCUT2D eigenvalue weighted by Gasteiger charge is -2.09. The Morgan fingerprint density at radius 3 is 2.65 bits per heavy atom. The van der Waals surface area contributed by atoms with Gasteiger partial charge in [-0.2, -0.15) is 9.49 Å². The van der Waals surface area contributed by atoms with Gasteiger partial charge in [-0.3, -0.25) is 9.48 Å². The number of carbonyl (C=O) groups is 1. The van der Waals surface area contributed by atoms with Crippen molar-refractivity contribution in [1.29, 1.82) is 0 Å². The number of anilines is 1. The Labute approximate surface area is 155 Å². The van der Waals surface area contributed by atoms with E-state index >= 15 is 0 Å². The molecule has 3 aromatic rings. The summed E-state index contributed by atoms with van der Waals surface area (Å²) in [6.07, 6.45) is 0.765. The molecule has 2 aromatic heterocycles. The summed E-state index contributed by atoms with van der Waals surface area (Å²) in [7, 11) is 0. The molecule has 0 saturated heterocycles. The first-order valence-electron chi connectivity index (χ1n) is 8.33. The van der Waals surface area contributed by atoms with Crippen LogP contribution in [0.15, 0.2) is 42.5 Å². The molecular formula is C19H18ClFN4O. The third kappa shape index (κ3) is 3.60. The molecule has 3 rings (SSSR count). The van der Waals surface area contributed by atoms with Gasteiger partial charge in [-0.25, -0.2) is 4.98 Å². The monoisotopic (exact) mass is 372 g/mol. The average molecular weight is 373 g/mol. The highest BCUT2D eigenvalue weighted by Gasteiger charge is 2.16. The van der Waals surface area contributed by atoms with E-state index in [2.05, 4.69) is 15.4 Å². The van der Waals surface area contributed by atoms with Crippen LogP contribution in [0.3, 0.4) is 0 Å². The third-order valence-electron chi connectivity index (χ3n) is 3.98. The first kappa shape index (κ1) is 18.1. The lowest BCUT2D eigenvalue weighted by Crippen LogP contribution is -2.14. The highest BCUT2D eigenvalue weighted by molar-refractivity contribution is 6.34. The number of carbonyl (C=O) groups excluding carboxylic acids is 1. The van der Waals surface area contributed by atoms with E-state index in [1.54, 1.807) is 41.1 Å². The van der Waals surface area contributed by atoms with Crippen LogP contribution in [0.25, 0.3) is 11.3 Å². The molecule has 1 amide bonds. The summed E-state index contributed by atoms with van der Waals surface area (Å²) >= 11 is 6.01. The largest absolute Gasteiger partial charge is 0.306 e. The number of nitrogens with one attached hydrogen (secondary N) is 1. The van der Waals surface area contributed by atoms with E-state index in [0.29, 0.717) is 28.4 Å². The zero-order chi connectivity index (χ0) is 18.7. The Hall–Kier alpha value is -2.73. The molecule has 7 heteroatoms. The Kier molecular flexibility index (Phi) is 5.32. The number of aromatic nitrogens is 3. The van der Waals surface area contributed by atoms with E-state index < -0.39 is 11.9 Å². The minimum Gasteiger partial charge on any atom is -0.306 e. The standard InChI is InChI=1S/C19H18ClFN4O/c1-3-12-11-16(25(4-2)24-12)14-9-10-17(22-18(14)21)23-19(26)13-7-5-6-8-15(13)20/h5-11H,3-4H2,1-2H3,(H,22,23,26). The summed E-state index contributed by atoms with van der Waals surface area (Å²) in [6.45, 7) is 4.56. The van der Waals surface area contributed by atoms with E-state index in [-0.39, 0.29) is 5.82 Å². The summed E-state index contributed by atoms with van der Waals surface area (Å²) in [4.78, 5) is 16.1. The van der Waals surface area contributed by atoms with E-state index in [9.17, 15) is 9.18 Å². The van der Waals surface area contributed by atoms with Crippen LogP contribution in [-0.4, -0.2) is 20.7 Å². The molecule has 26 heavy (non-hydrogen) atoms. The SMILES string of the molecule is CCc1cc(-c2ccc(NC(=O)c3ccccc3Cl)nc2F)n(CC)n1. The Morgan fingerprint density at radius 1 is 1.23 bits per heavy atom. The fraction of sp³-hybridized carbons (Fsp3) is 0.211. The molecule has 0 bridgehead atoms. The summed E-state index contributed by atoms with van der Waals surface area (Å²) in [5.74, 6) is -0.990. The fourth-order valence-electron chi connectivity index (χ4n) is 2.62. The van der Waals surface area contributed by atoms with Gasteiger partial charge in [0.2, 0.25) is 5.95 Å². The second kappa shape index (κ2) is 7.66. The van der Waals surface area contributed by atoms with Crippen LogP contribution in [-0.2, 0) is 13.0 Å². The molecule has 0 aliphatic carbocycles. The molecular weight excluding hydrogens is 355 g/mol. The molecule has 0 unspecified atom stereocenters. The van der Waals surface area contributed by atoms with Crippen LogP contribution in [0.5, 0.6) is 0 Å². The van der Waals surface area contributed by atoms with Crippen LogP contribution in [0, 0.1) is 5.95 Å². The minimum atomic E-state index is -0.667. The van der Waals surface area contributed by atoms with Gasteiger partial charge in [0, 0.05) is 6.54 Å². The highest BCUT2D eigenvalue weighted by atomic mass is 35.5. The Balaban J connectivity index is 1.87. The van der Waals surface area contributed by atoms with Gasteiger partial charge in [0.1, 0.15) is 5.82 Å². The molecule has 0 aliphatic heterocycles. The lowest BCUT2D eigenvalue weighted by molar-refractivity contribution is 0.102. The van der Waals surface area contributed by atoms with Gasteiger partial charge >= 0.3 is 0 Å². The summed E-state index contributed by atoms with van der Waals surface area (Å²) < 4.78 is 16.3. The summed E-state index contributed by atoms with van der Waals surface area (Å²) in [5.41, 5.74) is 2.20. The van der Waals surface area contributed by atoms with Crippen molar-refractivity contribution in [3.8, 4) is 11.3 Å². The van der Waals surface area contributed by atoms with Crippen molar-refractivity contribution in [2.24, 2.45) is 0 Å². The van der Waals surface area contributed by atoms with Gasteiger partial charge in [-0.15, -0.1) is 0 Å². The molecule has 0 spiro atoms. The molecule has 0 fully saturated rings. The van der Waals surface area contributed by atoms with Crippen LogP contribution in [0.2, 0.25) is 5.02 Å². The maximum absolute atomic E-state index is 14.6. The second-order valence-electron chi connectivity index (χ2n) is 5.66. The predicted molar refractivity (Wildman–Crippen MR) is 99.9 cm³/mol. The van der Waals surface area contributed by atoms with Crippen molar-refractivity contribution in [3.05, 3.63) is 64.7 Å². The van der Waals surface area contributed by atoms with Gasteiger partial charge in [0.15, 0.2) is 0 Å². The maximum atomic E-state index is 14.6. The van der Waals surface area contributed by atoms with Crippen molar-refractivity contribution in [3.63, 3.8) is 0 Å². The van der Waals surface area contributed by atoms with Crippen LogP contribution in [0.4, 0.5) is 10.2 Å². The molecule has 0 radical (unpaired) electrons. The number of pyridine rings is 1. The zero-order valence-corrected chi connectivity index (χ0v) is 15.2. The van der Waals surface area contributed by atoms with Gasteiger partial charge in [-0.1, -0.05) is 30.7 Å². The van der Waals surface area contributed by atoms with E-state index in [4.69, 9.17) is 11.6 Å². The van der Waals surface area contributed by atoms with E-state index in [1.165, 1.54) is 0 Å². The van der Waals surface area contributed by atoms with Crippen molar-refractivity contribution >= 4 is 23.3 Å². The van der Waals surface area contributed by atoms with Gasteiger partial charge in [0.25, 0.3) is 5.91 Å². The molecule has 134 valence electrons. The van der Waals surface area contributed by atoms with Crippen molar-refractivity contribution < 1.29 is 9.18 Å². The summed E-state index contributed by atoms with van der Waals surface area (Å²) in [5, 5.41) is 7.31. The van der Waals surface area contributed by atoms with Crippen LogP contribution >= 0.6 is 11.6 Å². The number of nitrogens with zero attached hydrogens (tertiary/aromatic N) is 3. The first-order valence-corrected chi connectivity index (χ1v) is 8.70. The molecule has 0 saturated carbocycles. The molecule has 0 atom stereocenters. The van der Waals surface area contributed by atoms with Crippen LogP contribution < -0.4 is 5.32 Å². The fourth-order valence-corrected chi connectivity index (χ4v) is 2.85. The number of amides is 1. The molecule has 0 aliphatic rings. The minimum absolute atomic E-state index is 0.120. The smallest absolute Gasteiger partial charge is 0.258 e. The third-order valence-corrected chi connectivity index (χ3v) is 4.31. The maximum Gasteiger partial charge on any atom is 0.258 e. The topological polar surface area (TPSA) is 59.8 Å². The Bertz CT molecular complexity index is 954. The van der Waals surface area contributed by atoms with Gasteiger partial charge < -0.3 is 5.32 Å². The van der Waals surface area contributed by atoms with Crippen molar-refractivity contribution in [1.82, 2.24) is 14.8 Å². The number of halogens is 2. The number of hydrogen-bond donors (Lipinski definition) is 1. The quantitative estimate of drug-likeness (QED) is 0.667. The molecule has 5 nitrogen and oxygen atoms in total. The molecule has 1 aromatic carbocycles. The normalized spacial score (nSPS) is 10.8. The van der Waals surface area contributed by atoms with E-state index in [0.717, 1.165) is 12.1 Å². The number of rotatable bonds is 5. The molecule has 2 heterocycles. The Morgan fingerprint density at radius 2 is 2.00 bits per heavy atom. The van der Waals surface area contributed by atoms with Crippen molar-refractivity contribution in [2.75, 3.05) is 5.32 Å². The lowest BCUT2D eigenvalue weighted by atomic mass is 10.1. The highest BCUT2D eigenvalue weighted by Crippen LogP contribution is 2.25. The molecule has 1 N–H and O–H groups in total. The van der Waals surface area contributed by atoms with Gasteiger partial charge in [-0.05, 0) is 43.7 Å². The first-order chi connectivity index (χ1) is 12.5. The van der Waals surface area contributed by atoms with Crippen LogP contribution in [0.1, 0.15) is 29.9 Å². The summed E-state index contributed by atoms with van der Waals surface area (Å²) in [6, 6.07) is 11.6.